The molecule has 0 bridgehead atoms. The minimum absolute atomic E-state index is 0.262. The van der Waals surface area contributed by atoms with E-state index in [1.54, 1.807) is 47.7 Å². The molecule has 2 aliphatic heterocycles. The van der Waals surface area contributed by atoms with Gasteiger partial charge in [0.25, 0.3) is 11.8 Å². The number of carbonyl (C=O) groups is 4. The third-order valence-corrected chi connectivity index (χ3v) is 9.34. The van der Waals surface area contributed by atoms with Gasteiger partial charge in [0.05, 0.1) is 12.1 Å². The zero-order chi connectivity index (χ0) is 41.5. The zero-order valence-electron chi connectivity index (χ0n) is 34.5. The summed E-state index contributed by atoms with van der Waals surface area (Å²) in [5.41, 5.74) is 6.49. The first-order chi connectivity index (χ1) is 26.9. The molecule has 4 aromatic carbocycles. The van der Waals surface area contributed by atoms with Crippen molar-refractivity contribution < 1.29 is 28.7 Å². The lowest BCUT2D eigenvalue weighted by Crippen LogP contribution is -2.43. The summed E-state index contributed by atoms with van der Waals surface area (Å²) in [7, 11) is 3.74. The van der Waals surface area contributed by atoms with Crippen LogP contribution >= 0.6 is 0 Å². The topological polar surface area (TPSA) is 96.5 Å². The highest BCUT2D eigenvalue weighted by Gasteiger charge is 2.42. The number of nitrogens with zero attached hydrogens (tertiary/aromatic N) is 3. The van der Waals surface area contributed by atoms with E-state index in [4.69, 9.17) is 9.47 Å². The summed E-state index contributed by atoms with van der Waals surface area (Å²) in [5.74, 6) is -0.612. The van der Waals surface area contributed by atoms with Gasteiger partial charge in [0.2, 0.25) is 0 Å². The van der Waals surface area contributed by atoms with Gasteiger partial charge in [-0.2, -0.15) is 0 Å². The van der Waals surface area contributed by atoms with E-state index in [2.05, 4.69) is 67.2 Å². The van der Waals surface area contributed by atoms with E-state index in [0.29, 0.717) is 36.8 Å². The first-order valence-corrected chi connectivity index (χ1v) is 19.3. The van der Waals surface area contributed by atoms with E-state index >= 15 is 0 Å². The van der Waals surface area contributed by atoms with Crippen LogP contribution in [0.4, 0.5) is 9.59 Å². The van der Waals surface area contributed by atoms with Crippen molar-refractivity contribution >= 4 is 24.0 Å². The second-order valence-corrected chi connectivity index (χ2v) is 16.8. The molecule has 4 aromatic rings. The molecule has 2 saturated heterocycles. The largest absolute Gasteiger partial charge is 0.443 e. The SMILES string of the molecule is C=C1C[C@@H](Cc2ccc(-c3ccccc3)cc2)N(C(=O)OC(C)(C)C)C1=O.CN(C)C=C1C[C@@H](Cc2ccc(-c3ccccc3)cc2)N(C(=O)OC(C)(C)C)C1=O. The second-order valence-electron chi connectivity index (χ2n) is 16.8. The van der Waals surface area contributed by atoms with Crippen molar-refractivity contribution in [2.75, 3.05) is 14.1 Å². The lowest BCUT2D eigenvalue weighted by molar-refractivity contribution is -0.126. The van der Waals surface area contributed by atoms with Gasteiger partial charge in [-0.05, 0) is 94.2 Å². The summed E-state index contributed by atoms with van der Waals surface area (Å²) in [5, 5.41) is 0. The van der Waals surface area contributed by atoms with E-state index in [-0.39, 0.29) is 23.9 Å². The molecule has 0 aliphatic carbocycles. The van der Waals surface area contributed by atoms with Crippen LogP contribution in [0, 0.1) is 0 Å². The molecule has 2 aliphatic rings. The first-order valence-electron chi connectivity index (χ1n) is 19.3. The van der Waals surface area contributed by atoms with Crippen molar-refractivity contribution in [1.29, 1.82) is 0 Å². The molecule has 298 valence electrons. The fraction of sp³-hybridized carbons (Fsp3) is 0.333. The molecular weight excluding hydrogens is 715 g/mol. The zero-order valence-corrected chi connectivity index (χ0v) is 34.5. The smallest absolute Gasteiger partial charge is 0.417 e. The average Bonchev–Trinajstić information content (AvgIpc) is 3.60. The van der Waals surface area contributed by atoms with Crippen molar-refractivity contribution in [1.82, 2.24) is 14.7 Å². The number of hydrogen-bond acceptors (Lipinski definition) is 7. The van der Waals surface area contributed by atoms with Crippen LogP contribution in [-0.4, -0.2) is 76.1 Å². The van der Waals surface area contributed by atoms with Crippen LogP contribution < -0.4 is 0 Å². The summed E-state index contributed by atoms with van der Waals surface area (Å²) in [6, 6.07) is 36.3. The maximum Gasteiger partial charge on any atom is 0.417 e. The van der Waals surface area contributed by atoms with E-state index in [0.717, 1.165) is 33.4 Å². The maximum atomic E-state index is 12.9. The normalized spacial score (nSPS) is 17.7. The number of imide groups is 2. The molecule has 0 aromatic heterocycles. The Morgan fingerprint density at radius 2 is 0.982 bits per heavy atom. The Hall–Kier alpha value is -5.96. The monoisotopic (exact) mass is 769 g/mol. The molecule has 57 heavy (non-hydrogen) atoms. The van der Waals surface area contributed by atoms with Crippen LogP contribution in [0.15, 0.2) is 133 Å². The summed E-state index contributed by atoms with van der Waals surface area (Å²) in [6.45, 7) is 14.6. The van der Waals surface area contributed by atoms with Gasteiger partial charge < -0.3 is 14.4 Å². The number of hydrogen-bond donors (Lipinski definition) is 0. The number of benzene rings is 4. The van der Waals surface area contributed by atoms with Crippen LogP contribution in [0.2, 0.25) is 0 Å². The molecule has 0 N–H and O–H groups in total. The van der Waals surface area contributed by atoms with Crippen molar-refractivity contribution in [3.63, 3.8) is 0 Å². The van der Waals surface area contributed by atoms with Crippen LogP contribution in [-0.2, 0) is 31.9 Å². The molecule has 0 unspecified atom stereocenters. The molecule has 0 radical (unpaired) electrons. The number of ether oxygens (including phenoxy) is 2. The van der Waals surface area contributed by atoms with E-state index < -0.39 is 23.4 Å². The quantitative estimate of drug-likeness (QED) is 0.173. The van der Waals surface area contributed by atoms with Gasteiger partial charge in [-0.15, -0.1) is 0 Å². The number of amides is 4. The van der Waals surface area contributed by atoms with Crippen LogP contribution in [0.5, 0.6) is 0 Å². The standard InChI is InChI=1S/C25H30N2O3.C23H25NO3/c1-25(2,3)30-24(29)27-22(16-21(23(27)28)17-26(4)5)15-18-11-13-20(14-12-18)19-9-7-6-8-10-19;1-16-14-20(24(21(16)25)22(26)27-23(2,3)4)15-17-10-12-19(13-11-17)18-8-6-5-7-9-18/h6-14,17,22H,15-16H2,1-5H3;5-13,20H,1,14-15H2,2-4H3/t22-;20-/m10/s1. The Labute approximate surface area is 337 Å². The van der Waals surface area contributed by atoms with E-state index in [1.165, 1.54) is 9.80 Å². The molecule has 0 saturated carbocycles. The lowest BCUT2D eigenvalue weighted by Gasteiger charge is -2.27. The van der Waals surface area contributed by atoms with Crippen LogP contribution in [0.25, 0.3) is 22.3 Å². The third kappa shape index (κ3) is 11.5. The minimum Gasteiger partial charge on any atom is -0.443 e. The van der Waals surface area contributed by atoms with Gasteiger partial charge in [-0.1, -0.05) is 116 Å². The molecular formula is C48H55N3O6. The minimum atomic E-state index is -0.659. The van der Waals surface area contributed by atoms with E-state index in [9.17, 15) is 19.2 Å². The Balaban J connectivity index is 0.000000219. The summed E-state index contributed by atoms with van der Waals surface area (Å²) < 4.78 is 10.9. The van der Waals surface area contributed by atoms with Crippen LogP contribution in [0.1, 0.15) is 65.5 Å². The van der Waals surface area contributed by atoms with Gasteiger partial charge in [0.1, 0.15) is 11.2 Å². The van der Waals surface area contributed by atoms with Gasteiger partial charge in [0.15, 0.2) is 0 Å². The van der Waals surface area contributed by atoms with Gasteiger partial charge in [0, 0.05) is 37.9 Å². The molecule has 4 amide bonds. The highest BCUT2D eigenvalue weighted by atomic mass is 16.6. The summed E-state index contributed by atoms with van der Waals surface area (Å²) in [4.78, 5) is 55.0. The molecule has 6 rings (SSSR count). The van der Waals surface area contributed by atoms with Crippen molar-refractivity contribution in [3.8, 4) is 22.3 Å². The van der Waals surface area contributed by atoms with Gasteiger partial charge in [-0.25, -0.2) is 19.4 Å². The Bertz CT molecular complexity index is 2080. The number of rotatable bonds is 7. The molecule has 2 fully saturated rings. The van der Waals surface area contributed by atoms with Gasteiger partial charge >= 0.3 is 12.2 Å². The second kappa shape index (κ2) is 17.9. The first kappa shape index (κ1) is 42.2. The van der Waals surface area contributed by atoms with Gasteiger partial charge in [-0.3, -0.25) is 9.59 Å². The molecule has 9 nitrogen and oxygen atoms in total. The highest BCUT2D eigenvalue weighted by molar-refractivity contribution is 6.05. The number of carbonyl (C=O) groups excluding carboxylic acids is 4. The Morgan fingerprint density at radius 3 is 1.37 bits per heavy atom. The highest BCUT2D eigenvalue weighted by Crippen LogP contribution is 2.31. The van der Waals surface area contributed by atoms with Crippen molar-refractivity contribution in [3.05, 3.63) is 144 Å². The summed E-state index contributed by atoms with van der Waals surface area (Å²) >= 11 is 0. The predicted octanol–water partition coefficient (Wildman–Crippen LogP) is 9.87. The van der Waals surface area contributed by atoms with Crippen molar-refractivity contribution in [2.24, 2.45) is 0 Å². The van der Waals surface area contributed by atoms with Crippen LogP contribution in [0.3, 0.4) is 0 Å². The molecule has 2 heterocycles. The molecule has 0 spiro atoms. The lowest BCUT2D eigenvalue weighted by atomic mass is 9.99. The Morgan fingerprint density at radius 1 is 0.614 bits per heavy atom. The predicted molar refractivity (Wildman–Crippen MR) is 225 cm³/mol. The fourth-order valence-electron chi connectivity index (χ4n) is 6.86. The average molecular weight is 770 g/mol. The molecule has 9 heteroatoms. The fourth-order valence-corrected chi connectivity index (χ4v) is 6.86. The maximum absolute atomic E-state index is 12.9. The third-order valence-electron chi connectivity index (χ3n) is 9.34. The molecule has 2 atom stereocenters. The summed E-state index contributed by atoms with van der Waals surface area (Å²) in [6.07, 6.45) is 2.76. The van der Waals surface area contributed by atoms with E-state index in [1.807, 2.05) is 67.5 Å². The van der Waals surface area contributed by atoms with Crippen molar-refractivity contribution in [2.45, 2.75) is 90.5 Å². The number of likely N-dealkylation sites (tertiary alicyclic amines) is 2. The Kier molecular flexibility index (Phi) is 13.2.